The number of hydrogen-bond acceptors (Lipinski definition) is 2. The van der Waals surface area contributed by atoms with Crippen molar-refractivity contribution in [2.24, 2.45) is 0 Å². The third-order valence-electron chi connectivity index (χ3n) is 3.12. The monoisotopic (exact) mass is 329 g/mol. The summed E-state index contributed by atoms with van der Waals surface area (Å²) >= 11 is 18.2. The maximum atomic E-state index is 9.72. The van der Waals surface area contributed by atoms with Crippen molar-refractivity contribution in [3.8, 4) is 5.75 Å². The number of benzene rings is 2. The minimum atomic E-state index is -0.0168. The van der Waals surface area contributed by atoms with E-state index < -0.39 is 0 Å². The van der Waals surface area contributed by atoms with Crippen LogP contribution >= 0.6 is 34.8 Å². The molecule has 0 aliphatic carbocycles. The standard InChI is InChI=1S/C15H14Cl3NO/c1-9(11-6-7-12(16)15(18)14(11)17)19-8-10-4-2-3-5-13(10)20/h2-7,9,19-20H,8H2,1H3. The van der Waals surface area contributed by atoms with E-state index in [4.69, 9.17) is 34.8 Å². The van der Waals surface area contributed by atoms with E-state index in [1.807, 2.05) is 25.1 Å². The van der Waals surface area contributed by atoms with Crippen LogP contribution < -0.4 is 5.32 Å². The second-order valence-corrected chi connectivity index (χ2v) is 5.66. The minimum absolute atomic E-state index is 0.0168. The van der Waals surface area contributed by atoms with E-state index >= 15 is 0 Å². The molecule has 1 atom stereocenters. The van der Waals surface area contributed by atoms with Crippen LogP contribution in [0.25, 0.3) is 0 Å². The van der Waals surface area contributed by atoms with Crippen LogP contribution in [0.5, 0.6) is 5.75 Å². The van der Waals surface area contributed by atoms with Crippen molar-refractivity contribution in [1.29, 1.82) is 0 Å². The molecule has 2 nitrogen and oxygen atoms in total. The zero-order valence-electron chi connectivity index (χ0n) is 10.8. The zero-order valence-corrected chi connectivity index (χ0v) is 13.1. The summed E-state index contributed by atoms with van der Waals surface area (Å²) in [5.41, 5.74) is 1.70. The Morgan fingerprint density at radius 1 is 1.05 bits per heavy atom. The number of nitrogens with one attached hydrogen (secondary N) is 1. The molecule has 2 aromatic carbocycles. The van der Waals surface area contributed by atoms with Gasteiger partial charge in [-0.3, -0.25) is 0 Å². The number of phenols is 1. The number of aromatic hydroxyl groups is 1. The zero-order chi connectivity index (χ0) is 14.7. The van der Waals surface area contributed by atoms with E-state index in [9.17, 15) is 5.11 Å². The largest absolute Gasteiger partial charge is 0.508 e. The van der Waals surface area contributed by atoms with Gasteiger partial charge in [-0.15, -0.1) is 0 Å². The number of phenolic OH excluding ortho intramolecular Hbond substituents is 1. The highest BCUT2D eigenvalue weighted by atomic mass is 35.5. The van der Waals surface area contributed by atoms with E-state index in [1.165, 1.54) is 0 Å². The third-order valence-corrected chi connectivity index (χ3v) is 4.43. The lowest BCUT2D eigenvalue weighted by molar-refractivity contribution is 0.460. The molecule has 106 valence electrons. The quantitative estimate of drug-likeness (QED) is 0.755. The fourth-order valence-corrected chi connectivity index (χ4v) is 2.61. The molecule has 0 aliphatic rings. The van der Waals surface area contributed by atoms with Crippen LogP contribution in [0.2, 0.25) is 15.1 Å². The molecule has 0 fully saturated rings. The van der Waals surface area contributed by atoms with Gasteiger partial charge in [0, 0.05) is 18.2 Å². The molecule has 0 spiro atoms. The SMILES string of the molecule is CC(NCc1ccccc1O)c1ccc(Cl)c(Cl)c1Cl. The number of rotatable bonds is 4. The predicted molar refractivity (Wildman–Crippen MR) is 84.8 cm³/mol. The molecule has 2 aromatic rings. The van der Waals surface area contributed by atoms with Crippen LogP contribution in [0.1, 0.15) is 24.1 Å². The Morgan fingerprint density at radius 2 is 1.75 bits per heavy atom. The summed E-state index contributed by atoms with van der Waals surface area (Å²) in [4.78, 5) is 0. The summed E-state index contributed by atoms with van der Waals surface area (Å²) < 4.78 is 0. The Balaban J connectivity index is 2.11. The van der Waals surface area contributed by atoms with E-state index in [-0.39, 0.29) is 11.8 Å². The second-order valence-electron chi connectivity index (χ2n) is 4.50. The second kappa shape index (κ2) is 6.68. The predicted octanol–water partition coefficient (Wildman–Crippen LogP) is 5.20. The summed E-state index contributed by atoms with van der Waals surface area (Å²) in [5.74, 6) is 0.271. The molecule has 0 aromatic heterocycles. The van der Waals surface area contributed by atoms with Crippen LogP contribution in [0.3, 0.4) is 0 Å². The number of hydrogen-bond donors (Lipinski definition) is 2. The van der Waals surface area contributed by atoms with Gasteiger partial charge in [0.05, 0.1) is 15.1 Å². The lowest BCUT2D eigenvalue weighted by Gasteiger charge is -2.17. The average molecular weight is 331 g/mol. The maximum absolute atomic E-state index is 9.72. The first kappa shape index (κ1) is 15.5. The van der Waals surface area contributed by atoms with Crippen LogP contribution in [0.15, 0.2) is 36.4 Å². The topological polar surface area (TPSA) is 32.3 Å². The molecule has 5 heteroatoms. The molecule has 0 saturated heterocycles. The van der Waals surface area contributed by atoms with Gasteiger partial charge in [-0.05, 0) is 24.6 Å². The highest BCUT2D eigenvalue weighted by Gasteiger charge is 2.14. The third kappa shape index (κ3) is 3.39. The summed E-state index contributed by atoms with van der Waals surface area (Å²) in [6, 6.07) is 10.8. The van der Waals surface area contributed by atoms with Crippen LogP contribution in [-0.2, 0) is 6.54 Å². The summed E-state index contributed by atoms with van der Waals surface area (Å²) in [5, 5.41) is 14.3. The molecule has 0 radical (unpaired) electrons. The van der Waals surface area contributed by atoms with Crippen molar-refractivity contribution >= 4 is 34.8 Å². The highest BCUT2D eigenvalue weighted by Crippen LogP contribution is 2.35. The molecular formula is C15H14Cl3NO. The first-order chi connectivity index (χ1) is 9.50. The lowest BCUT2D eigenvalue weighted by Crippen LogP contribution is -2.18. The van der Waals surface area contributed by atoms with Gasteiger partial charge in [0.25, 0.3) is 0 Å². The van der Waals surface area contributed by atoms with Gasteiger partial charge in [-0.1, -0.05) is 59.1 Å². The molecule has 2 rings (SSSR count). The van der Waals surface area contributed by atoms with Gasteiger partial charge in [-0.2, -0.15) is 0 Å². The fraction of sp³-hybridized carbons (Fsp3) is 0.200. The Bertz CT molecular complexity index is 616. The van der Waals surface area contributed by atoms with E-state index in [0.29, 0.717) is 21.6 Å². The molecule has 20 heavy (non-hydrogen) atoms. The fourth-order valence-electron chi connectivity index (χ4n) is 1.91. The number of para-hydroxylation sites is 1. The van der Waals surface area contributed by atoms with Crippen LogP contribution in [0.4, 0.5) is 0 Å². The Labute approximate surface area is 133 Å². The Hall–Kier alpha value is -0.930. The van der Waals surface area contributed by atoms with Gasteiger partial charge in [0.15, 0.2) is 0 Å². The summed E-state index contributed by atoms with van der Waals surface area (Å²) in [6.45, 7) is 2.51. The molecule has 0 amide bonds. The van der Waals surface area contributed by atoms with Gasteiger partial charge < -0.3 is 10.4 Å². The molecule has 0 aliphatic heterocycles. The smallest absolute Gasteiger partial charge is 0.120 e. The van der Waals surface area contributed by atoms with Crippen molar-refractivity contribution in [3.05, 3.63) is 62.6 Å². The van der Waals surface area contributed by atoms with Crippen molar-refractivity contribution in [2.45, 2.75) is 19.5 Å². The van der Waals surface area contributed by atoms with Crippen molar-refractivity contribution < 1.29 is 5.11 Å². The molecule has 0 heterocycles. The van der Waals surface area contributed by atoms with Gasteiger partial charge in [0.2, 0.25) is 0 Å². The molecule has 0 saturated carbocycles. The first-order valence-corrected chi connectivity index (χ1v) is 7.27. The van der Waals surface area contributed by atoms with Crippen molar-refractivity contribution in [3.63, 3.8) is 0 Å². The van der Waals surface area contributed by atoms with E-state index in [2.05, 4.69) is 5.32 Å². The Morgan fingerprint density at radius 3 is 2.45 bits per heavy atom. The van der Waals surface area contributed by atoms with Gasteiger partial charge in [-0.25, -0.2) is 0 Å². The normalized spacial score (nSPS) is 12.4. The van der Waals surface area contributed by atoms with E-state index in [0.717, 1.165) is 11.1 Å². The van der Waals surface area contributed by atoms with Gasteiger partial charge in [0.1, 0.15) is 5.75 Å². The highest BCUT2D eigenvalue weighted by molar-refractivity contribution is 6.48. The molecule has 2 N–H and O–H groups in total. The minimum Gasteiger partial charge on any atom is -0.508 e. The molecule has 0 bridgehead atoms. The lowest BCUT2D eigenvalue weighted by atomic mass is 10.1. The van der Waals surface area contributed by atoms with Crippen molar-refractivity contribution in [2.75, 3.05) is 0 Å². The Kier molecular flexibility index (Phi) is 5.17. The number of halogens is 3. The first-order valence-electron chi connectivity index (χ1n) is 6.14. The van der Waals surface area contributed by atoms with E-state index in [1.54, 1.807) is 18.2 Å². The average Bonchev–Trinajstić information content (AvgIpc) is 2.44. The molecule has 1 unspecified atom stereocenters. The van der Waals surface area contributed by atoms with Gasteiger partial charge >= 0.3 is 0 Å². The summed E-state index contributed by atoms with van der Waals surface area (Å²) in [7, 11) is 0. The van der Waals surface area contributed by atoms with Crippen molar-refractivity contribution in [1.82, 2.24) is 5.32 Å². The maximum Gasteiger partial charge on any atom is 0.120 e. The van der Waals surface area contributed by atoms with Crippen LogP contribution in [0, 0.1) is 0 Å². The molecular weight excluding hydrogens is 317 g/mol. The summed E-state index contributed by atoms with van der Waals surface area (Å²) in [6.07, 6.45) is 0. The van der Waals surface area contributed by atoms with Crippen LogP contribution in [-0.4, -0.2) is 5.11 Å².